The molecule has 0 unspecified atom stereocenters. The van der Waals surface area contributed by atoms with Crippen molar-refractivity contribution in [3.8, 4) is 5.75 Å². The third-order valence-electron chi connectivity index (χ3n) is 2.62. The van der Waals surface area contributed by atoms with Crippen molar-refractivity contribution in [3.63, 3.8) is 0 Å². The summed E-state index contributed by atoms with van der Waals surface area (Å²) in [7, 11) is 0. The van der Waals surface area contributed by atoms with Crippen molar-refractivity contribution in [3.05, 3.63) is 24.3 Å². The van der Waals surface area contributed by atoms with Crippen LogP contribution in [0.5, 0.6) is 5.75 Å². The molecule has 0 saturated carbocycles. The third kappa shape index (κ3) is 4.14. The zero-order valence-corrected chi connectivity index (χ0v) is 10.3. The van der Waals surface area contributed by atoms with Gasteiger partial charge < -0.3 is 26.6 Å². The number of aliphatic hydroxyl groups is 1. The summed E-state index contributed by atoms with van der Waals surface area (Å²) >= 11 is 0. The van der Waals surface area contributed by atoms with Crippen LogP contribution in [0, 0.1) is 0 Å². The monoisotopic (exact) mass is 267 g/mol. The number of aliphatic hydroxyl groups excluding tert-OH is 1. The van der Waals surface area contributed by atoms with Gasteiger partial charge in [-0.05, 0) is 24.3 Å². The summed E-state index contributed by atoms with van der Waals surface area (Å²) in [6.45, 7) is -0.102. The number of benzene rings is 1. The van der Waals surface area contributed by atoms with Crippen LogP contribution in [0.15, 0.2) is 24.3 Å². The number of anilines is 1. The number of primary amides is 2. The van der Waals surface area contributed by atoms with E-state index in [0.717, 1.165) is 0 Å². The topological polar surface area (TPSA) is 130 Å². The first-order valence-electron chi connectivity index (χ1n) is 5.70. The number of carbonyl (C=O) groups excluding carboxylic acids is 2. The number of hydrogen-bond donors (Lipinski definition) is 4. The van der Waals surface area contributed by atoms with Crippen LogP contribution >= 0.6 is 0 Å². The van der Waals surface area contributed by atoms with E-state index in [1.54, 1.807) is 12.1 Å². The van der Waals surface area contributed by atoms with Crippen LogP contribution in [0.25, 0.3) is 0 Å². The van der Waals surface area contributed by atoms with Crippen LogP contribution in [-0.4, -0.2) is 41.2 Å². The molecule has 6 N–H and O–H groups in total. The van der Waals surface area contributed by atoms with E-state index in [4.69, 9.17) is 16.6 Å². The highest BCUT2D eigenvalue weighted by atomic mass is 16.3. The quantitative estimate of drug-likeness (QED) is 0.499. The Morgan fingerprint density at radius 2 is 1.79 bits per heavy atom. The van der Waals surface area contributed by atoms with Gasteiger partial charge in [-0.2, -0.15) is 0 Å². The number of aromatic hydroxyl groups is 1. The fourth-order valence-electron chi connectivity index (χ4n) is 1.77. The second kappa shape index (κ2) is 6.60. The molecule has 104 valence electrons. The van der Waals surface area contributed by atoms with Crippen LogP contribution in [0.3, 0.4) is 0 Å². The lowest BCUT2D eigenvalue weighted by Crippen LogP contribution is -2.48. The molecule has 1 rings (SSSR count). The lowest BCUT2D eigenvalue weighted by molar-refractivity contribution is -0.124. The average molecular weight is 267 g/mol. The molecule has 2 amide bonds. The van der Waals surface area contributed by atoms with Gasteiger partial charge in [0.25, 0.3) is 0 Å². The SMILES string of the molecule is NC(=O)C[C@@H](C(N)=O)N(CCO)c1ccc(O)cc1. The Morgan fingerprint density at radius 3 is 2.21 bits per heavy atom. The Kier molecular flexibility index (Phi) is 5.13. The van der Waals surface area contributed by atoms with E-state index in [0.29, 0.717) is 5.69 Å². The number of hydrogen-bond acceptors (Lipinski definition) is 5. The minimum atomic E-state index is -0.936. The number of rotatable bonds is 7. The normalized spacial score (nSPS) is 11.8. The summed E-state index contributed by atoms with van der Waals surface area (Å²) < 4.78 is 0. The summed E-state index contributed by atoms with van der Waals surface area (Å²) in [5.74, 6) is -1.30. The molecular weight excluding hydrogens is 250 g/mol. The first kappa shape index (κ1) is 14.8. The molecule has 1 aromatic carbocycles. The lowest BCUT2D eigenvalue weighted by Gasteiger charge is -2.30. The van der Waals surface area contributed by atoms with Crippen molar-refractivity contribution in [1.29, 1.82) is 0 Å². The first-order chi connectivity index (χ1) is 8.95. The zero-order chi connectivity index (χ0) is 14.4. The molecule has 0 spiro atoms. The molecule has 0 fully saturated rings. The zero-order valence-electron chi connectivity index (χ0n) is 10.3. The van der Waals surface area contributed by atoms with E-state index in [9.17, 15) is 14.7 Å². The number of phenolic OH excluding ortho intramolecular Hbond substituents is 1. The predicted molar refractivity (Wildman–Crippen MR) is 69.3 cm³/mol. The molecule has 0 bridgehead atoms. The van der Waals surface area contributed by atoms with Gasteiger partial charge in [0.1, 0.15) is 11.8 Å². The van der Waals surface area contributed by atoms with Gasteiger partial charge in [-0.3, -0.25) is 9.59 Å². The number of phenols is 1. The van der Waals surface area contributed by atoms with E-state index in [-0.39, 0.29) is 25.3 Å². The van der Waals surface area contributed by atoms with E-state index < -0.39 is 17.9 Å². The Hall–Kier alpha value is -2.28. The molecule has 0 saturated heterocycles. The van der Waals surface area contributed by atoms with E-state index in [1.807, 2.05) is 0 Å². The average Bonchev–Trinajstić information content (AvgIpc) is 2.34. The number of carbonyl (C=O) groups is 2. The largest absolute Gasteiger partial charge is 0.508 e. The standard InChI is InChI=1S/C12H17N3O4/c13-11(18)7-10(12(14)19)15(5-6-16)8-1-3-9(17)4-2-8/h1-4,10,16-17H,5-7H2,(H2,13,18)(H2,14,19)/t10-/m0/s1. The van der Waals surface area contributed by atoms with Gasteiger partial charge in [-0.25, -0.2) is 0 Å². The Labute approximate surface area is 110 Å². The molecular formula is C12H17N3O4. The van der Waals surface area contributed by atoms with Gasteiger partial charge in [0.15, 0.2) is 0 Å². The summed E-state index contributed by atoms with van der Waals surface area (Å²) in [6, 6.07) is 5.04. The molecule has 0 aliphatic carbocycles. The highest BCUT2D eigenvalue weighted by Crippen LogP contribution is 2.21. The first-order valence-corrected chi connectivity index (χ1v) is 5.70. The summed E-state index contributed by atoms with van der Waals surface area (Å²) in [4.78, 5) is 23.9. The number of nitrogens with zero attached hydrogens (tertiary/aromatic N) is 1. The Balaban J connectivity index is 3.05. The Morgan fingerprint density at radius 1 is 1.21 bits per heavy atom. The maximum atomic E-state index is 11.4. The predicted octanol–water partition coefficient (Wildman–Crippen LogP) is -1.08. The maximum absolute atomic E-state index is 11.4. The second-order valence-corrected chi connectivity index (χ2v) is 4.02. The second-order valence-electron chi connectivity index (χ2n) is 4.02. The molecule has 1 aromatic rings. The van der Waals surface area contributed by atoms with Crippen LogP contribution in [0.4, 0.5) is 5.69 Å². The van der Waals surface area contributed by atoms with E-state index in [2.05, 4.69) is 0 Å². The van der Waals surface area contributed by atoms with Gasteiger partial charge in [0.05, 0.1) is 13.0 Å². The van der Waals surface area contributed by atoms with Crippen molar-refractivity contribution < 1.29 is 19.8 Å². The molecule has 7 heteroatoms. The lowest BCUT2D eigenvalue weighted by atomic mass is 10.1. The highest BCUT2D eigenvalue weighted by molar-refractivity contribution is 5.89. The molecule has 0 aliphatic heterocycles. The molecule has 19 heavy (non-hydrogen) atoms. The van der Waals surface area contributed by atoms with E-state index in [1.165, 1.54) is 17.0 Å². The minimum absolute atomic E-state index is 0.0678. The summed E-state index contributed by atoms with van der Waals surface area (Å²) in [5.41, 5.74) is 10.9. The van der Waals surface area contributed by atoms with Gasteiger partial charge in [-0.1, -0.05) is 0 Å². The number of nitrogens with two attached hydrogens (primary N) is 2. The fraction of sp³-hybridized carbons (Fsp3) is 0.333. The van der Waals surface area contributed by atoms with Crippen LogP contribution in [-0.2, 0) is 9.59 Å². The van der Waals surface area contributed by atoms with Crippen molar-refractivity contribution in [2.45, 2.75) is 12.5 Å². The number of amides is 2. The smallest absolute Gasteiger partial charge is 0.240 e. The molecule has 0 aromatic heterocycles. The van der Waals surface area contributed by atoms with Crippen molar-refractivity contribution >= 4 is 17.5 Å². The molecule has 0 heterocycles. The molecule has 0 aliphatic rings. The van der Waals surface area contributed by atoms with E-state index >= 15 is 0 Å². The maximum Gasteiger partial charge on any atom is 0.240 e. The molecule has 0 radical (unpaired) electrons. The van der Waals surface area contributed by atoms with Crippen molar-refractivity contribution in [2.75, 3.05) is 18.1 Å². The fourth-order valence-corrected chi connectivity index (χ4v) is 1.77. The van der Waals surface area contributed by atoms with Crippen molar-refractivity contribution in [2.24, 2.45) is 11.5 Å². The summed E-state index contributed by atoms with van der Waals surface area (Å²) in [5, 5.41) is 18.3. The van der Waals surface area contributed by atoms with Crippen LogP contribution in [0.2, 0.25) is 0 Å². The van der Waals surface area contributed by atoms with Crippen LogP contribution < -0.4 is 16.4 Å². The van der Waals surface area contributed by atoms with Gasteiger partial charge >= 0.3 is 0 Å². The summed E-state index contributed by atoms with van der Waals surface area (Å²) in [6.07, 6.45) is -0.240. The Bertz CT molecular complexity index is 447. The third-order valence-corrected chi connectivity index (χ3v) is 2.62. The van der Waals surface area contributed by atoms with Gasteiger partial charge in [0, 0.05) is 12.2 Å². The highest BCUT2D eigenvalue weighted by Gasteiger charge is 2.25. The molecule has 1 atom stereocenters. The van der Waals surface area contributed by atoms with Crippen molar-refractivity contribution in [1.82, 2.24) is 0 Å². The minimum Gasteiger partial charge on any atom is -0.508 e. The van der Waals surface area contributed by atoms with Gasteiger partial charge in [-0.15, -0.1) is 0 Å². The van der Waals surface area contributed by atoms with Crippen LogP contribution in [0.1, 0.15) is 6.42 Å². The molecule has 7 nitrogen and oxygen atoms in total. The van der Waals surface area contributed by atoms with Gasteiger partial charge in [0.2, 0.25) is 11.8 Å².